The van der Waals surface area contributed by atoms with Gasteiger partial charge in [0, 0.05) is 18.7 Å². The molecule has 3 heteroatoms. The zero-order valence-electron chi connectivity index (χ0n) is 8.38. The molecule has 2 rings (SSSR count). The Morgan fingerprint density at radius 1 is 1.69 bits per heavy atom. The van der Waals surface area contributed by atoms with E-state index in [1.165, 1.54) is 24.4 Å². The van der Waals surface area contributed by atoms with E-state index in [-0.39, 0.29) is 0 Å². The summed E-state index contributed by atoms with van der Waals surface area (Å²) in [6, 6.07) is 2.78. The van der Waals surface area contributed by atoms with Crippen molar-refractivity contribution in [1.82, 2.24) is 9.78 Å². The second kappa shape index (κ2) is 3.40. The van der Waals surface area contributed by atoms with Crippen molar-refractivity contribution in [3.63, 3.8) is 0 Å². The number of anilines is 1. The highest BCUT2D eigenvalue weighted by molar-refractivity contribution is 5.39. The predicted octanol–water partition coefficient (Wildman–Crippen LogP) is 2.04. The molecule has 1 aliphatic heterocycles. The van der Waals surface area contributed by atoms with Crippen LogP contribution >= 0.6 is 0 Å². The maximum atomic E-state index is 4.53. The smallest absolute Gasteiger partial charge is 0.124 e. The molecule has 0 saturated carbocycles. The molecule has 1 aromatic rings. The van der Waals surface area contributed by atoms with Crippen molar-refractivity contribution in [2.24, 2.45) is 0 Å². The van der Waals surface area contributed by atoms with E-state index in [1.807, 2.05) is 0 Å². The molecule has 1 aliphatic rings. The third kappa shape index (κ3) is 1.69. The maximum Gasteiger partial charge on any atom is 0.124 e. The van der Waals surface area contributed by atoms with E-state index in [2.05, 4.69) is 35.0 Å². The fourth-order valence-electron chi connectivity index (χ4n) is 1.78. The van der Waals surface area contributed by atoms with Gasteiger partial charge in [0.1, 0.15) is 5.82 Å². The zero-order chi connectivity index (χ0) is 9.26. The fraction of sp³-hybridized carbons (Fsp3) is 0.700. The van der Waals surface area contributed by atoms with E-state index in [9.17, 15) is 0 Å². The van der Waals surface area contributed by atoms with Crippen LogP contribution in [0.25, 0.3) is 0 Å². The van der Waals surface area contributed by atoms with Gasteiger partial charge < -0.3 is 5.32 Å². The molecule has 1 N–H and O–H groups in total. The Labute approximate surface area is 79.1 Å². The van der Waals surface area contributed by atoms with E-state index < -0.39 is 0 Å². The molecule has 3 nitrogen and oxygen atoms in total. The Kier molecular flexibility index (Phi) is 2.25. The number of aryl methyl sites for hydroxylation is 2. The molecule has 0 saturated heterocycles. The van der Waals surface area contributed by atoms with Crippen LogP contribution < -0.4 is 5.32 Å². The average molecular weight is 179 g/mol. The minimum absolute atomic E-state index is 0.596. The average Bonchev–Trinajstić information content (AvgIpc) is 2.46. The highest BCUT2D eigenvalue weighted by Gasteiger charge is 2.15. The van der Waals surface area contributed by atoms with Gasteiger partial charge in [0.05, 0.1) is 5.69 Å². The maximum absolute atomic E-state index is 4.53. The first-order chi connectivity index (χ1) is 6.29. The van der Waals surface area contributed by atoms with Gasteiger partial charge in [-0.05, 0) is 19.8 Å². The lowest BCUT2D eigenvalue weighted by Crippen LogP contribution is -2.25. The first-order valence-corrected chi connectivity index (χ1v) is 5.13. The largest absolute Gasteiger partial charge is 0.368 e. The van der Waals surface area contributed by atoms with E-state index >= 15 is 0 Å². The number of hydrogen-bond donors (Lipinski definition) is 1. The summed E-state index contributed by atoms with van der Waals surface area (Å²) in [7, 11) is 0. The monoisotopic (exact) mass is 179 g/mol. The number of fused-ring (bicyclic) bond motifs is 1. The molecule has 2 heterocycles. The molecule has 0 aromatic carbocycles. The summed E-state index contributed by atoms with van der Waals surface area (Å²) >= 11 is 0. The van der Waals surface area contributed by atoms with Crippen molar-refractivity contribution < 1.29 is 0 Å². The van der Waals surface area contributed by atoms with Crippen molar-refractivity contribution in [3.8, 4) is 0 Å². The summed E-state index contributed by atoms with van der Waals surface area (Å²) in [5, 5.41) is 7.97. The number of nitrogens with one attached hydrogen (secondary N) is 1. The topological polar surface area (TPSA) is 29.9 Å². The van der Waals surface area contributed by atoms with Gasteiger partial charge in [0.15, 0.2) is 0 Å². The number of hydrogen-bond acceptors (Lipinski definition) is 2. The molecule has 0 amide bonds. The van der Waals surface area contributed by atoms with Crippen LogP contribution in [0, 0.1) is 0 Å². The minimum Gasteiger partial charge on any atom is -0.368 e. The minimum atomic E-state index is 0.596. The van der Waals surface area contributed by atoms with E-state index in [4.69, 9.17) is 0 Å². The number of aromatic nitrogens is 2. The lowest BCUT2D eigenvalue weighted by molar-refractivity contribution is 0.508. The van der Waals surface area contributed by atoms with E-state index in [1.54, 1.807) is 0 Å². The molecule has 1 aromatic heterocycles. The Morgan fingerprint density at radius 2 is 2.54 bits per heavy atom. The molecule has 0 fully saturated rings. The summed E-state index contributed by atoms with van der Waals surface area (Å²) in [5.41, 5.74) is 1.22. The molecule has 0 radical (unpaired) electrons. The number of nitrogens with zero attached hydrogens (tertiary/aromatic N) is 2. The SMILES string of the molecule is CCCc1cc2n(n1)CCC(C)N2. The zero-order valence-corrected chi connectivity index (χ0v) is 8.38. The Bertz CT molecular complexity index is 290. The summed E-state index contributed by atoms with van der Waals surface area (Å²) in [6.45, 7) is 5.47. The molecular formula is C10H17N3. The fourth-order valence-corrected chi connectivity index (χ4v) is 1.78. The van der Waals surface area contributed by atoms with Gasteiger partial charge in [0.25, 0.3) is 0 Å². The van der Waals surface area contributed by atoms with Crippen LogP contribution in [0.2, 0.25) is 0 Å². The highest BCUT2D eigenvalue weighted by atomic mass is 15.3. The van der Waals surface area contributed by atoms with Gasteiger partial charge in [-0.25, -0.2) is 4.68 Å². The van der Waals surface area contributed by atoms with Crippen LogP contribution in [-0.4, -0.2) is 15.8 Å². The van der Waals surface area contributed by atoms with Crippen molar-refractivity contribution in [1.29, 1.82) is 0 Å². The third-order valence-electron chi connectivity index (χ3n) is 2.50. The van der Waals surface area contributed by atoms with Crippen LogP contribution in [0.5, 0.6) is 0 Å². The predicted molar refractivity (Wildman–Crippen MR) is 53.9 cm³/mol. The van der Waals surface area contributed by atoms with Gasteiger partial charge in [-0.1, -0.05) is 13.3 Å². The molecule has 1 unspecified atom stereocenters. The van der Waals surface area contributed by atoms with Crippen molar-refractivity contribution >= 4 is 5.82 Å². The summed E-state index contributed by atoms with van der Waals surface area (Å²) in [4.78, 5) is 0. The van der Waals surface area contributed by atoms with Crippen molar-refractivity contribution in [2.45, 2.75) is 45.7 Å². The van der Waals surface area contributed by atoms with Gasteiger partial charge in [-0.3, -0.25) is 0 Å². The first kappa shape index (κ1) is 8.60. The third-order valence-corrected chi connectivity index (χ3v) is 2.50. The lowest BCUT2D eigenvalue weighted by Gasteiger charge is -2.21. The van der Waals surface area contributed by atoms with E-state index in [0.717, 1.165) is 13.0 Å². The van der Waals surface area contributed by atoms with Crippen LogP contribution in [0.1, 0.15) is 32.4 Å². The van der Waals surface area contributed by atoms with Crippen molar-refractivity contribution in [3.05, 3.63) is 11.8 Å². The number of rotatable bonds is 2. The van der Waals surface area contributed by atoms with Gasteiger partial charge in [0.2, 0.25) is 0 Å². The lowest BCUT2D eigenvalue weighted by atomic mass is 10.2. The Morgan fingerprint density at radius 3 is 3.31 bits per heavy atom. The van der Waals surface area contributed by atoms with Crippen LogP contribution in [0.15, 0.2) is 6.07 Å². The molecule has 1 atom stereocenters. The summed E-state index contributed by atoms with van der Waals surface area (Å²) in [6.07, 6.45) is 3.45. The highest BCUT2D eigenvalue weighted by Crippen LogP contribution is 2.19. The quantitative estimate of drug-likeness (QED) is 0.753. The van der Waals surface area contributed by atoms with Crippen LogP contribution in [-0.2, 0) is 13.0 Å². The summed E-state index contributed by atoms with van der Waals surface area (Å²) < 4.78 is 2.09. The van der Waals surface area contributed by atoms with Crippen LogP contribution in [0.3, 0.4) is 0 Å². The Balaban J connectivity index is 2.18. The Hall–Kier alpha value is -0.990. The normalized spacial score (nSPS) is 20.9. The van der Waals surface area contributed by atoms with Gasteiger partial charge in [-0.2, -0.15) is 5.10 Å². The molecule has 13 heavy (non-hydrogen) atoms. The van der Waals surface area contributed by atoms with Crippen LogP contribution in [0.4, 0.5) is 5.82 Å². The van der Waals surface area contributed by atoms with Gasteiger partial charge in [-0.15, -0.1) is 0 Å². The molecule has 0 aliphatic carbocycles. The second-order valence-corrected chi connectivity index (χ2v) is 3.83. The standard InChI is InChI=1S/C10H17N3/c1-3-4-9-7-10-11-8(2)5-6-13(10)12-9/h7-8,11H,3-6H2,1-2H3. The second-order valence-electron chi connectivity index (χ2n) is 3.83. The van der Waals surface area contributed by atoms with Crippen molar-refractivity contribution in [2.75, 3.05) is 5.32 Å². The summed E-state index contributed by atoms with van der Waals surface area (Å²) in [5.74, 6) is 1.20. The molecule has 0 spiro atoms. The molecule has 72 valence electrons. The first-order valence-electron chi connectivity index (χ1n) is 5.13. The molecule has 0 bridgehead atoms. The van der Waals surface area contributed by atoms with E-state index in [0.29, 0.717) is 6.04 Å². The molecular weight excluding hydrogens is 162 g/mol. The van der Waals surface area contributed by atoms with Gasteiger partial charge >= 0.3 is 0 Å².